The van der Waals surface area contributed by atoms with Crippen LogP contribution < -0.4 is 15.0 Å². The number of carbonyl (C=O) groups excluding carboxylic acids is 1. The Bertz CT molecular complexity index is 1070. The molecular weight excluding hydrogens is 462 g/mol. The normalized spacial score (nSPS) is 14.7. The van der Waals surface area contributed by atoms with Crippen molar-refractivity contribution >= 4 is 55.8 Å². The highest BCUT2D eigenvalue weighted by atomic mass is 35.5. The van der Waals surface area contributed by atoms with Crippen LogP contribution in [0.1, 0.15) is 0 Å². The van der Waals surface area contributed by atoms with Gasteiger partial charge in [0.05, 0.1) is 9.72 Å². The second-order valence-corrected chi connectivity index (χ2v) is 8.98. The summed E-state index contributed by atoms with van der Waals surface area (Å²) in [4.78, 5) is 20.9. The van der Waals surface area contributed by atoms with E-state index >= 15 is 0 Å². The molecule has 0 bridgehead atoms. The average Bonchev–Trinajstić information content (AvgIpc) is 3.19. The standard InChI is InChI=1S/C21H21Cl2FN4O2S/c22-14-4-5-17(15(23)12-14)30-13-19(29)25-6-7-27-8-10-28(11-9-27)21-26-20-16(24)2-1-3-18(20)31-21/h1-5,12H,6-11,13H2,(H,25,29). The first-order valence-corrected chi connectivity index (χ1v) is 11.4. The molecular formula is C21H21Cl2FN4O2S. The number of nitrogens with zero attached hydrogens (tertiary/aromatic N) is 3. The van der Waals surface area contributed by atoms with Crippen LogP contribution in [0, 0.1) is 5.82 Å². The maximum atomic E-state index is 13.9. The smallest absolute Gasteiger partial charge is 0.257 e. The monoisotopic (exact) mass is 482 g/mol. The van der Waals surface area contributed by atoms with Crippen molar-refractivity contribution in [2.45, 2.75) is 0 Å². The van der Waals surface area contributed by atoms with E-state index in [0.717, 1.165) is 42.6 Å². The molecule has 0 aliphatic carbocycles. The summed E-state index contributed by atoms with van der Waals surface area (Å²) in [5.41, 5.74) is 0.440. The minimum atomic E-state index is -0.281. The highest BCUT2D eigenvalue weighted by Crippen LogP contribution is 2.30. The van der Waals surface area contributed by atoms with Gasteiger partial charge in [0.25, 0.3) is 5.91 Å². The highest BCUT2D eigenvalue weighted by molar-refractivity contribution is 7.22. The molecule has 4 rings (SSSR count). The van der Waals surface area contributed by atoms with Crippen LogP contribution in [0.25, 0.3) is 10.2 Å². The third-order valence-corrected chi connectivity index (χ3v) is 6.62. The second-order valence-electron chi connectivity index (χ2n) is 7.13. The minimum absolute atomic E-state index is 0.108. The van der Waals surface area contributed by atoms with Crippen molar-refractivity contribution in [3.8, 4) is 5.75 Å². The van der Waals surface area contributed by atoms with E-state index in [9.17, 15) is 9.18 Å². The maximum absolute atomic E-state index is 13.9. The fourth-order valence-corrected chi connectivity index (χ4v) is 4.84. The molecule has 1 N–H and O–H groups in total. The predicted molar refractivity (Wildman–Crippen MR) is 123 cm³/mol. The van der Waals surface area contributed by atoms with Gasteiger partial charge < -0.3 is 15.0 Å². The summed E-state index contributed by atoms with van der Waals surface area (Å²) in [5, 5.41) is 4.59. The van der Waals surface area contributed by atoms with E-state index in [0.29, 0.717) is 27.9 Å². The predicted octanol–water partition coefficient (Wildman–Crippen LogP) is 4.06. The zero-order valence-electron chi connectivity index (χ0n) is 16.6. The van der Waals surface area contributed by atoms with Gasteiger partial charge in [0.15, 0.2) is 11.7 Å². The van der Waals surface area contributed by atoms with Gasteiger partial charge in [-0.2, -0.15) is 0 Å². The number of benzene rings is 2. The van der Waals surface area contributed by atoms with Crippen molar-refractivity contribution in [1.29, 1.82) is 0 Å². The molecule has 2 aromatic carbocycles. The van der Waals surface area contributed by atoms with Crippen LogP contribution >= 0.6 is 34.5 Å². The van der Waals surface area contributed by atoms with Crippen molar-refractivity contribution in [2.75, 3.05) is 50.8 Å². The fraction of sp³-hybridized carbons (Fsp3) is 0.333. The number of ether oxygens (including phenoxy) is 1. The lowest BCUT2D eigenvalue weighted by Crippen LogP contribution is -2.48. The van der Waals surface area contributed by atoms with Gasteiger partial charge in [-0.3, -0.25) is 9.69 Å². The van der Waals surface area contributed by atoms with E-state index in [4.69, 9.17) is 27.9 Å². The molecule has 6 nitrogen and oxygen atoms in total. The zero-order chi connectivity index (χ0) is 21.8. The number of aromatic nitrogens is 1. The molecule has 0 unspecified atom stereocenters. The van der Waals surface area contributed by atoms with Crippen LogP contribution in [0.5, 0.6) is 5.75 Å². The highest BCUT2D eigenvalue weighted by Gasteiger charge is 2.20. The lowest BCUT2D eigenvalue weighted by atomic mass is 10.3. The number of hydrogen-bond donors (Lipinski definition) is 1. The van der Waals surface area contributed by atoms with Gasteiger partial charge in [0.1, 0.15) is 17.1 Å². The lowest BCUT2D eigenvalue weighted by Gasteiger charge is -2.34. The van der Waals surface area contributed by atoms with E-state index in [2.05, 4.69) is 20.1 Å². The van der Waals surface area contributed by atoms with E-state index in [1.165, 1.54) is 17.4 Å². The van der Waals surface area contributed by atoms with Crippen molar-refractivity contribution in [3.63, 3.8) is 0 Å². The average molecular weight is 483 g/mol. The number of rotatable bonds is 7. The van der Waals surface area contributed by atoms with Crippen LogP contribution in [-0.2, 0) is 4.79 Å². The summed E-state index contributed by atoms with van der Waals surface area (Å²) in [6, 6.07) is 9.90. The van der Waals surface area contributed by atoms with Gasteiger partial charge >= 0.3 is 0 Å². The third-order valence-electron chi connectivity index (χ3n) is 5.00. The van der Waals surface area contributed by atoms with Crippen molar-refractivity contribution in [3.05, 3.63) is 52.3 Å². The molecule has 0 spiro atoms. The molecule has 1 fully saturated rings. The van der Waals surface area contributed by atoms with Gasteiger partial charge in [0, 0.05) is 44.3 Å². The number of hydrogen-bond acceptors (Lipinski definition) is 6. The molecule has 1 aliphatic rings. The number of carbonyl (C=O) groups is 1. The van der Waals surface area contributed by atoms with Gasteiger partial charge in [-0.05, 0) is 30.3 Å². The van der Waals surface area contributed by atoms with Crippen molar-refractivity contribution in [1.82, 2.24) is 15.2 Å². The molecule has 3 aromatic rings. The molecule has 31 heavy (non-hydrogen) atoms. The third kappa shape index (κ3) is 5.57. The van der Waals surface area contributed by atoms with Crippen molar-refractivity contribution in [2.24, 2.45) is 0 Å². The number of amides is 1. The SMILES string of the molecule is O=C(COc1ccc(Cl)cc1Cl)NCCN1CCN(c2nc3c(F)cccc3s2)CC1. The molecule has 1 amide bonds. The summed E-state index contributed by atoms with van der Waals surface area (Å²) >= 11 is 13.4. The summed E-state index contributed by atoms with van der Waals surface area (Å²) in [7, 11) is 0. The maximum Gasteiger partial charge on any atom is 0.257 e. The fourth-order valence-electron chi connectivity index (χ4n) is 3.34. The molecule has 0 atom stereocenters. The Morgan fingerprint density at radius 3 is 2.74 bits per heavy atom. The summed E-state index contributed by atoms with van der Waals surface area (Å²) in [6.07, 6.45) is 0. The number of nitrogens with one attached hydrogen (secondary N) is 1. The zero-order valence-corrected chi connectivity index (χ0v) is 18.9. The number of para-hydroxylation sites is 1. The Hall–Kier alpha value is -2.13. The van der Waals surface area contributed by atoms with Crippen LogP contribution in [-0.4, -0.2) is 61.7 Å². The number of halogens is 3. The Balaban J connectivity index is 1.18. The largest absolute Gasteiger partial charge is 0.482 e. The van der Waals surface area contributed by atoms with E-state index in [1.54, 1.807) is 24.3 Å². The van der Waals surface area contributed by atoms with Gasteiger partial charge in [0.2, 0.25) is 0 Å². The van der Waals surface area contributed by atoms with Gasteiger partial charge in [-0.15, -0.1) is 0 Å². The second kappa shape index (κ2) is 9.99. The van der Waals surface area contributed by atoms with Crippen LogP contribution in [0.4, 0.5) is 9.52 Å². The molecule has 2 heterocycles. The Morgan fingerprint density at radius 2 is 2.00 bits per heavy atom. The molecule has 1 aliphatic heterocycles. The Kier molecular flexibility index (Phi) is 7.12. The van der Waals surface area contributed by atoms with Crippen molar-refractivity contribution < 1.29 is 13.9 Å². The molecule has 1 saturated heterocycles. The topological polar surface area (TPSA) is 57.7 Å². The summed E-state index contributed by atoms with van der Waals surface area (Å²) in [6.45, 7) is 4.50. The quantitative estimate of drug-likeness (QED) is 0.550. The molecule has 0 saturated carbocycles. The first kappa shape index (κ1) is 22.1. The first-order valence-electron chi connectivity index (χ1n) is 9.86. The molecule has 1 aromatic heterocycles. The molecule has 0 radical (unpaired) electrons. The van der Waals surface area contributed by atoms with E-state index in [1.807, 2.05) is 6.07 Å². The van der Waals surface area contributed by atoms with Gasteiger partial charge in [-0.25, -0.2) is 9.37 Å². The lowest BCUT2D eigenvalue weighted by molar-refractivity contribution is -0.123. The Morgan fingerprint density at radius 1 is 1.19 bits per heavy atom. The molecule has 10 heteroatoms. The first-order chi connectivity index (χ1) is 15.0. The molecule has 164 valence electrons. The van der Waals surface area contributed by atoms with Crippen LogP contribution in [0.2, 0.25) is 10.0 Å². The Labute approximate surface area is 193 Å². The van der Waals surface area contributed by atoms with Crippen LogP contribution in [0.15, 0.2) is 36.4 Å². The number of anilines is 1. The summed E-state index contributed by atoms with van der Waals surface area (Å²) < 4.78 is 20.2. The summed E-state index contributed by atoms with van der Waals surface area (Å²) in [5.74, 6) is -0.0649. The minimum Gasteiger partial charge on any atom is -0.482 e. The number of thiazole rings is 1. The number of fused-ring (bicyclic) bond motifs is 1. The van der Waals surface area contributed by atoms with Crippen LogP contribution in [0.3, 0.4) is 0 Å². The number of piperazine rings is 1. The van der Waals surface area contributed by atoms with E-state index < -0.39 is 0 Å². The van der Waals surface area contributed by atoms with E-state index in [-0.39, 0.29) is 18.3 Å². The van der Waals surface area contributed by atoms with Gasteiger partial charge in [-0.1, -0.05) is 40.6 Å².